The second-order valence-electron chi connectivity index (χ2n) is 7.82. The number of oxazole rings is 1. The lowest BCUT2D eigenvalue weighted by Crippen LogP contribution is -2.41. The van der Waals surface area contributed by atoms with Gasteiger partial charge in [-0.3, -0.25) is 9.48 Å². The van der Waals surface area contributed by atoms with Gasteiger partial charge in [-0.2, -0.15) is 5.10 Å². The second kappa shape index (κ2) is 8.22. The van der Waals surface area contributed by atoms with E-state index in [1.807, 2.05) is 6.92 Å². The van der Waals surface area contributed by atoms with Crippen LogP contribution in [0.2, 0.25) is 0 Å². The molecule has 0 saturated heterocycles. The molecule has 0 saturated carbocycles. The Bertz CT molecular complexity index is 1280. The Hall–Kier alpha value is -4.08. The van der Waals surface area contributed by atoms with Crippen molar-refractivity contribution in [2.45, 2.75) is 26.3 Å². The maximum atomic E-state index is 13.6. The Kier molecular flexibility index (Phi) is 5.43. The lowest BCUT2D eigenvalue weighted by molar-refractivity contribution is 0.0876. The van der Waals surface area contributed by atoms with Crippen LogP contribution in [0.4, 0.5) is 16.2 Å². The van der Waals surface area contributed by atoms with Crippen molar-refractivity contribution in [3.8, 4) is 11.4 Å². The predicted molar refractivity (Wildman–Crippen MR) is 116 cm³/mol. The van der Waals surface area contributed by atoms with E-state index in [0.29, 0.717) is 22.9 Å². The normalized spacial score (nSPS) is 11.4. The van der Waals surface area contributed by atoms with Gasteiger partial charge in [0.05, 0.1) is 11.7 Å². The van der Waals surface area contributed by atoms with E-state index in [1.54, 1.807) is 56.2 Å². The number of nitrogens with zero attached hydrogens (tertiary/aromatic N) is 5. The minimum absolute atomic E-state index is 0.122. The fourth-order valence-corrected chi connectivity index (χ4v) is 3.15. The number of benzene rings is 1. The molecule has 0 aliphatic heterocycles. The first-order chi connectivity index (χ1) is 15.2. The molecule has 1 amide bonds. The van der Waals surface area contributed by atoms with Gasteiger partial charge in [0.25, 0.3) is 5.89 Å². The number of halogens is 1. The molecule has 3 heterocycles. The first-order valence-electron chi connectivity index (χ1n) is 9.86. The van der Waals surface area contributed by atoms with Crippen LogP contribution < -0.4 is 10.6 Å². The molecular weight excluding hydrogens is 413 g/mol. The summed E-state index contributed by atoms with van der Waals surface area (Å²) in [4.78, 5) is 25.8. The Morgan fingerprint density at radius 1 is 1.22 bits per heavy atom. The van der Waals surface area contributed by atoms with Crippen molar-refractivity contribution in [3.05, 3.63) is 71.8 Å². The summed E-state index contributed by atoms with van der Waals surface area (Å²) in [6.07, 6.45) is 4.68. The first-order valence-corrected chi connectivity index (χ1v) is 9.86. The topological polar surface area (TPSA) is 111 Å². The van der Waals surface area contributed by atoms with Crippen LogP contribution in [0.15, 0.2) is 53.4 Å². The summed E-state index contributed by atoms with van der Waals surface area (Å²) in [5.74, 6) is 0.0575. The number of aryl methyl sites for hydroxylation is 2. The lowest BCUT2D eigenvalue weighted by Gasteiger charge is -2.26. The Morgan fingerprint density at radius 3 is 2.75 bits per heavy atom. The van der Waals surface area contributed by atoms with E-state index in [9.17, 15) is 9.18 Å². The van der Waals surface area contributed by atoms with Gasteiger partial charge in [0.1, 0.15) is 29.3 Å². The van der Waals surface area contributed by atoms with Gasteiger partial charge in [0.15, 0.2) is 0 Å². The smallest absolute Gasteiger partial charge is 0.307 e. The summed E-state index contributed by atoms with van der Waals surface area (Å²) in [6.45, 7) is 5.38. The number of amides is 1. The fourth-order valence-electron chi connectivity index (χ4n) is 3.15. The van der Waals surface area contributed by atoms with Crippen LogP contribution >= 0.6 is 0 Å². The van der Waals surface area contributed by atoms with E-state index in [1.165, 1.54) is 18.4 Å². The molecule has 0 radical (unpaired) electrons. The van der Waals surface area contributed by atoms with Crippen molar-refractivity contribution >= 4 is 17.7 Å². The van der Waals surface area contributed by atoms with Gasteiger partial charge in [-0.15, -0.1) is 0 Å². The van der Waals surface area contributed by atoms with Crippen molar-refractivity contribution < 1.29 is 13.6 Å². The highest BCUT2D eigenvalue weighted by Gasteiger charge is 2.26. The van der Waals surface area contributed by atoms with E-state index < -0.39 is 11.4 Å². The molecule has 3 aromatic heterocycles. The van der Waals surface area contributed by atoms with Crippen LogP contribution in [0.25, 0.3) is 11.4 Å². The highest BCUT2D eigenvalue weighted by Crippen LogP contribution is 2.24. The molecule has 0 unspecified atom stereocenters. The monoisotopic (exact) mass is 435 g/mol. The minimum Gasteiger partial charge on any atom is -0.440 e. The minimum atomic E-state index is -0.834. The van der Waals surface area contributed by atoms with Gasteiger partial charge in [-0.25, -0.2) is 19.3 Å². The van der Waals surface area contributed by atoms with Crippen LogP contribution in [-0.2, 0) is 12.6 Å². The molecular formula is C22H22FN7O2. The third-order valence-electron chi connectivity index (χ3n) is 4.95. The van der Waals surface area contributed by atoms with Gasteiger partial charge >= 0.3 is 5.91 Å². The fraction of sp³-hybridized carbons (Fsp3) is 0.227. The summed E-state index contributed by atoms with van der Waals surface area (Å²) < 4.78 is 20.7. The van der Waals surface area contributed by atoms with Gasteiger partial charge < -0.3 is 15.1 Å². The SMILES string of the molecule is Cc1cnc(Nc2ccnn2C)nc1-c1coc(C(=O)NC(C)(C)c2cccc(F)c2)n1. The molecule has 32 heavy (non-hydrogen) atoms. The number of hydrogen-bond acceptors (Lipinski definition) is 7. The molecule has 164 valence electrons. The quantitative estimate of drug-likeness (QED) is 0.475. The number of carbonyl (C=O) groups is 1. The third-order valence-corrected chi connectivity index (χ3v) is 4.95. The zero-order valence-electron chi connectivity index (χ0n) is 18.0. The van der Waals surface area contributed by atoms with Crippen molar-refractivity contribution in [3.63, 3.8) is 0 Å². The maximum absolute atomic E-state index is 13.6. The number of carbonyl (C=O) groups excluding carboxylic acids is 1. The summed E-state index contributed by atoms with van der Waals surface area (Å²) in [5, 5.41) is 10.0. The van der Waals surface area contributed by atoms with E-state index in [-0.39, 0.29) is 11.7 Å². The molecule has 0 bridgehead atoms. The zero-order valence-corrected chi connectivity index (χ0v) is 18.0. The van der Waals surface area contributed by atoms with Gasteiger partial charge in [-0.1, -0.05) is 12.1 Å². The largest absolute Gasteiger partial charge is 0.440 e. The van der Waals surface area contributed by atoms with Crippen molar-refractivity contribution in [1.82, 2.24) is 30.0 Å². The Labute approximate surface area is 183 Å². The molecule has 0 spiro atoms. The van der Waals surface area contributed by atoms with E-state index in [2.05, 4.69) is 30.7 Å². The lowest BCUT2D eigenvalue weighted by atomic mass is 9.94. The number of rotatable bonds is 6. The third kappa shape index (κ3) is 4.34. The molecule has 0 atom stereocenters. The van der Waals surface area contributed by atoms with Crippen molar-refractivity contribution in [2.24, 2.45) is 7.05 Å². The highest BCUT2D eigenvalue weighted by atomic mass is 19.1. The Morgan fingerprint density at radius 2 is 2.03 bits per heavy atom. The summed E-state index contributed by atoms with van der Waals surface area (Å²) in [5.41, 5.74) is 1.47. The second-order valence-corrected chi connectivity index (χ2v) is 7.82. The molecule has 9 nitrogen and oxygen atoms in total. The van der Waals surface area contributed by atoms with E-state index in [0.717, 1.165) is 11.4 Å². The van der Waals surface area contributed by atoms with Gasteiger partial charge in [-0.05, 0) is 44.0 Å². The number of hydrogen-bond donors (Lipinski definition) is 2. The molecule has 0 fully saturated rings. The molecule has 10 heteroatoms. The molecule has 0 aliphatic carbocycles. The summed E-state index contributed by atoms with van der Waals surface area (Å²) in [6, 6.07) is 7.86. The molecule has 4 aromatic rings. The zero-order chi connectivity index (χ0) is 22.9. The van der Waals surface area contributed by atoms with Gasteiger partial charge in [0, 0.05) is 19.3 Å². The highest BCUT2D eigenvalue weighted by molar-refractivity contribution is 5.90. The van der Waals surface area contributed by atoms with Crippen LogP contribution in [0, 0.1) is 12.7 Å². The summed E-state index contributed by atoms with van der Waals surface area (Å²) in [7, 11) is 1.80. The van der Waals surface area contributed by atoms with E-state index >= 15 is 0 Å². The van der Waals surface area contributed by atoms with Crippen LogP contribution in [-0.4, -0.2) is 30.6 Å². The standard InChI is InChI=1S/C22H22FN7O2/c1-13-11-24-21(27-17-8-9-25-30(17)4)28-18(13)16-12-32-20(26-16)19(31)29-22(2,3)14-6-5-7-15(23)10-14/h5-12H,1-4H3,(H,29,31)(H,24,27,28). The Balaban J connectivity index is 1.55. The van der Waals surface area contributed by atoms with Crippen LogP contribution in [0.5, 0.6) is 0 Å². The van der Waals surface area contributed by atoms with Crippen molar-refractivity contribution in [1.29, 1.82) is 0 Å². The van der Waals surface area contributed by atoms with Gasteiger partial charge in [0.2, 0.25) is 5.95 Å². The number of anilines is 2. The predicted octanol–water partition coefficient (Wildman–Crippen LogP) is 3.72. The average molecular weight is 435 g/mol. The first kappa shape index (κ1) is 21.2. The average Bonchev–Trinajstić information content (AvgIpc) is 3.39. The summed E-state index contributed by atoms with van der Waals surface area (Å²) >= 11 is 0. The molecule has 4 rings (SSSR count). The maximum Gasteiger partial charge on any atom is 0.307 e. The molecule has 2 N–H and O–H groups in total. The molecule has 1 aromatic carbocycles. The van der Waals surface area contributed by atoms with Crippen LogP contribution in [0.3, 0.4) is 0 Å². The van der Waals surface area contributed by atoms with Crippen molar-refractivity contribution in [2.75, 3.05) is 5.32 Å². The van der Waals surface area contributed by atoms with E-state index in [4.69, 9.17) is 4.42 Å². The number of aromatic nitrogens is 5. The van der Waals surface area contributed by atoms with Crippen LogP contribution in [0.1, 0.15) is 35.7 Å². The number of nitrogens with one attached hydrogen (secondary N) is 2. The molecule has 0 aliphatic rings.